The second-order valence-corrected chi connectivity index (χ2v) is 4.67. The largest absolute Gasteiger partial charge is 0.468 e. The summed E-state index contributed by atoms with van der Waals surface area (Å²) in [6.07, 6.45) is 5.68. The van der Waals surface area contributed by atoms with Crippen LogP contribution in [0.25, 0.3) is 0 Å². The molecule has 0 spiro atoms. The quantitative estimate of drug-likeness (QED) is 0.544. The molecule has 0 aromatic rings. The van der Waals surface area contributed by atoms with Crippen LogP contribution in [0.3, 0.4) is 0 Å². The fourth-order valence-electron chi connectivity index (χ4n) is 2.02. The molecule has 2 atom stereocenters. The van der Waals surface area contributed by atoms with E-state index < -0.39 is 5.54 Å². The van der Waals surface area contributed by atoms with Crippen LogP contribution in [0.2, 0.25) is 0 Å². The van der Waals surface area contributed by atoms with Crippen LogP contribution < -0.4 is 5.32 Å². The van der Waals surface area contributed by atoms with Crippen molar-refractivity contribution in [3.63, 3.8) is 0 Å². The Hall–Kier alpha value is -0.870. The number of carbonyl (C=O) groups excluding carboxylic acids is 1. The lowest BCUT2D eigenvalue weighted by Crippen LogP contribution is -2.52. The Morgan fingerprint density at radius 1 is 1.71 bits per heavy atom. The first-order valence-electron chi connectivity index (χ1n) is 6.18. The van der Waals surface area contributed by atoms with E-state index in [0.29, 0.717) is 13.0 Å². The zero-order valence-corrected chi connectivity index (χ0v) is 10.8. The van der Waals surface area contributed by atoms with Crippen molar-refractivity contribution in [3.8, 4) is 0 Å². The van der Waals surface area contributed by atoms with E-state index in [-0.39, 0.29) is 12.1 Å². The first-order valence-corrected chi connectivity index (χ1v) is 6.18. The average Bonchev–Trinajstić information content (AvgIpc) is 2.86. The van der Waals surface area contributed by atoms with E-state index in [1.54, 1.807) is 0 Å². The summed E-state index contributed by atoms with van der Waals surface area (Å²) < 4.78 is 10.4. The summed E-state index contributed by atoms with van der Waals surface area (Å²) >= 11 is 0. The van der Waals surface area contributed by atoms with Crippen molar-refractivity contribution < 1.29 is 14.3 Å². The number of hydrogen-bond donors (Lipinski definition) is 1. The Morgan fingerprint density at radius 3 is 3.00 bits per heavy atom. The van der Waals surface area contributed by atoms with E-state index in [0.717, 1.165) is 25.9 Å². The first-order chi connectivity index (χ1) is 8.12. The molecule has 0 bridgehead atoms. The minimum Gasteiger partial charge on any atom is -0.468 e. The minimum absolute atomic E-state index is 0.225. The van der Waals surface area contributed by atoms with Crippen molar-refractivity contribution in [1.82, 2.24) is 5.32 Å². The number of allylic oxidation sites excluding steroid dienone is 1. The van der Waals surface area contributed by atoms with Gasteiger partial charge in [0, 0.05) is 13.2 Å². The van der Waals surface area contributed by atoms with Gasteiger partial charge in [-0.1, -0.05) is 6.08 Å². The van der Waals surface area contributed by atoms with Crippen LogP contribution in [0.1, 0.15) is 32.6 Å². The summed E-state index contributed by atoms with van der Waals surface area (Å²) in [5, 5.41) is 3.28. The summed E-state index contributed by atoms with van der Waals surface area (Å²) in [5.74, 6) is -0.225. The fourth-order valence-corrected chi connectivity index (χ4v) is 2.02. The van der Waals surface area contributed by atoms with Gasteiger partial charge in [-0.15, -0.1) is 6.58 Å². The SMILES string of the molecule is C=CCCC(C)(NCC1CCCO1)C(=O)OC. The van der Waals surface area contributed by atoms with E-state index in [4.69, 9.17) is 9.47 Å². The van der Waals surface area contributed by atoms with E-state index in [1.807, 2.05) is 13.0 Å². The zero-order chi connectivity index (χ0) is 12.7. The Bertz CT molecular complexity index is 261. The van der Waals surface area contributed by atoms with Crippen LogP contribution in [0, 0.1) is 0 Å². The van der Waals surface area contributed by atoms with Gasteiger partial charge in [0.2, 0.25) is 0 Å². The van der Waals surface area contributed by atoms with Gasteiger partial charge in [0.15, 0.2) is 0 Å². The molecule has 2 unspecified atom stereocenters. The molecule has 1 aliphatic heterocycles. The minimum atomic E-state index is -0.644. The molecule has 1 N–H and O–H groups in total. The lowest BCUT2D eigenvalue weighted by atomic mass is 9.95. The van der Waals surface area contributed by atoms with Gasteiger partial charge >= 0.3 is 5.97 Å². The van der Waals surface area contributed by atoms with Gasteiger partial charge in [0.05, 0.1) is 13.2 Å². The Kier molecular flexibility index (Phi) is 5.65. The molecule has 1 rings (SSSR count). The molecule has 0 aromatic carbocycles. The van der Waals surface area contributed by atoms with E-state index >= 15 is 0 Å². The number of carbonyl (C=O) groups is 1. The molecular weight excluding hydrogens is 218 g/mol. The second kappa shape index (κ2) is 6.77. The third-order valence-corrected chi connectivity index (χ3v) is 3.23. The summed E-state index contributed by atoms with van der Waals surface area (Å²) in [4.78, 5) is 11.8. The number of methoxy groups -OCH3 is 1. The fraction of sp³-hybridized carbons (Fsp3) is 0.769. The second-order valence-electron chi connectivity index (χ2n) is 4.67. The highest BCUT2D eigenvalue weighted by atomic mass is 16.5. The molecule has 0 aliphatic carbocycles. The van der Waals surface area contributed by atoms with Crippen molar-refractivity contribution in [3.05, 3.63) is 12.7 Å². The highest BCUT2D eigenvalue weighted by Gasteiger charge is 2.34. The number of rotatable bonds is 7. The van der Waals surface area contributed by atoms with Gasteiger partial charge in [-0.2, -0.15) is 0 Å². The monoisotopic (exact) mass is 241 g/mol. The molecular formula is C13H23NO3. The molecule has 0 radical (unpaired) electrons. The summed E-state index contributed by atoms with van der Waals surface area (Å²) in [6.45, 7) is 7.08. The molecule has 1 heterocycles. The van der Waals surface area contributed by atoms with Crippen LogP contribution in [0.5, 0.6) is 0 Å². The van der Waals surface area contributed by atoms with Crippen LogP contribution in [-0.2, 0) is 14.3 Å². The molecule has 0 saturated carbocycles. The molecule has 98 valence electrons. The van der Waals surface area contributed by atoms with Crippen LogP contribution in [-0.4, -0.2) is 37.9 Å². The Labute approximate surface area is 103 Å². The molecule has 0 aromatic heterocycles. The van der Waals surface area contributed by atoms with E-state index in [1.165, 1.54) is 7.11 Å². The van der Waals surface area contributed by atoms with Crippen LogP contribution in [0.4, 0.5) is 0 Å². The third kappa shape index (κ3) is 4.13. The normalized spacial score (nSPS) is 23.1. The summed E-state index contributed by atoms with van der Waals surface area (Å²) in [6, 6.07) is 0. The van der Waals surface area contributed by atoms with Crippen molar-refractivity contribution in [2.24, 2.45) is 0 Å². The van der Waals surface area contributed by atoms with Crippen molar-refractivity contribution >= 4 is 5.97 Å². The number of esters is 1. The van der Waals surface area contributed by atoms with Crippen LogP contribution >= 0.6 is 0 Å². The van der Waals surface area contributed by atoms with Crippen molar-refractivity contribution in [1.29, 1.82) is 0 Å². The number of nitrogens with one attached hydrogen (secondary N) is 1. The van der Waals surface area contributed by atoms with Gasteiger partial charge in [-0.25, -0.2) is 0 Å². The predicted octanol–water partition coefficient (Wildman–Crippen LogP) is 1.65. The molecule has 1 fully saturated rings. The molecule has 0 amide bonds. The Balaban J connectivity index is 2.49. The number of ether oxygens (including phenoxy) is 2. The maximum absolute atomic E-state index is 11.8. The van der Waals surface area contributed by atoms with Gasteiger partial charge in [0.25, 0.3) is 0 Å². The first kappa shape index (κ1) is 14.2. The van der Waals surface area contributed by atoms with Crippen molar-refractivity contribution in [2.75, 3.05) is 20.3 Å². The van der Waals surface area contributed by atoms with Gasteiger partial charge in [0.1, 0.15) is 5.54 Å². The number of hydrogen-bond acceptors (Lipinski definition) is 4. The zero-order valence-electron chi connectivity index (χ0n) is 10.8. The molecule has 4 nitrogen and oxygen atoms in total. The topological polar surface area (TPSA) is 47.6 Å². The molecule has 1 saturated heterocycles. The third-order valence-electron chi connectivity index (χ3n) is 3.23. The van der Waals surface area contributed by atoms with Crippen LogP contribution in [0.15, 0.2) is 12.7 Å². The lowest BCUT2D eigenvalue weighted by Gasteiger charge is -2.29. The Morgan fingerprint density at radius 2 is 2.47 bits per heavy atom. The molecule has 17 heavy (non-hydrogen) atoms. The lowest BCUT2D eigenvalue weighted by molar-refractivity contribution is -0.148. The summed E-state index contributed by atoms with van der Waals surface area (Å²) in [5.41, 5.74) is -0.644. The van der Waals surface area contributed by atoms with Gasteiger partial charge < -0.3 is 9.47 Å². The highest BCUT2D eigenvalue weighted by Crippen LogP contribution is 2.17. The maximum atomic E-state index is 11.8. The van der Waals surface area contributed by atoms with Gasteiger partial charge in [-0.05, 0) is 32.6 Å². The average molecular weight is 241 g/mol. The van der Waals surface area contributed by atoms with E-state index in [9.17, 15) is 4.79 Å². The highest BCUT2D eigenvalue weighted by molar-refractivity contribution is 5.80. The smallest absolute Gasteiger partial charge is 0.325 e. The maximum Gasteiger partial charge on any atom is 0.325 e. The van der Waals surface area contributed by atoms with Gasteiger partial charge in [-0.3, -0.25) is 10.1 Å². The predicted molar refractivity (Wildman–Crippen MR) is 66.8 cm³/mol. The standard InChI is InChI=1S/C13H23NO3/c1-4-5-8-13(2,12(15)16-3)14-10-11-7-6-9-17-11/h4,11,14H,1,5-10H2,2-3H3. The van der Waals surface area contributed by atoms with E-state index in [2.05, 4.69) is 11.9 Å². The van der Waals surface area contributed by atoms with Crippen molar-refractivity contribution in [2.45, 2.75) is 44.2 Å². The summed E-state index contributed by atoms with van der Waals surface area (Å²) in [7, 11) is 1.42. The molecule has 1 aliphatic rings. The molecule has 4 heteroatoms.